The molecule has 0 unspecified atom stereocenters. The van der Waals surface area contributed by atoms with Crippen molar-refractivity contribution in [1.82, 2.24) is 4.98 Å². The number of nitrogens with one attached hydrogen (secondary N) is 1. The Balaban J connectivity index is 2.17. The highest BCUT2D eigenvalue weighted by Crippen LogP contribution is 2.47. The zero-order valence-electron chi connectivity index (χ0n) is 9.82. The van der Waals surface area contributed by atoms with Crippen LogP contribution < -0.4 is 0 Å². The van der Waals surface area contributed by atoms with Crippen LogP contribution in [-0.2, 0) is 14.9 Å². The number of methoxy groups -OCH3 is 1. The molecule has 2 aromatic rings. The van der Waals surface area contributed by atoms with Crippen molar-refractivity contribution in [2.24, 2.45) is 0 Å². The first-order valence-corrected chi connectivity index (χ1v) is 5.93. The zero-order valence-corrected chi connectivity index (χ0v) is 9.82. The monoisotopic (exact) mass is 229 g/mol. The van der Waals surface area contributed by atoms with Gasteiger partial charge in [0.25, 0.3) is 0 Å². The number of esters is 1. The summed E-state index contributed by atoms with van der Waals surface area (Å²) in [5.41, 5.74) is 1.76. The number of benzene rings is 1. The number of carbonyl (C=O) groups is 1. The molecule has 17 heavy (non-hydrogen) atoms. The number of H-pyrrole nitrogens is 1. The molecule has 0 amide bonds. The predicted molar refractivity (Wildman–Crippen MR) is 65.8 cm³/mol. The lowest BCUT2D eigenvalue weighted by Crippen LogP contribution is -2.43. The third-order valence-electron chi connectivity index (χ3n) is 3.89. The first-order valence-electron chi connectivity index (χ1n) is 5.93. The molecule has 0 bridgehead atoms. The Kier molecular flexibility index (Phi) is 2.21. The van der Waals surface area contributed by atoms with E-state index in [1.54, 1.807) is 0 Å². The van der Waals surface area contributed by atoms with Crippen LogP contribution in [0.1, 0.15) is 24.8 Å². The summed E-state index contributed by atoms with van der Waals surface area (Å²) in [6.07, 6.45) is 4.83. The Morgan fingerprint density at radius 3 is 2.76 bits per heavy atom. The molecule has 1 aliphatic carbocycles. The number of aromatic nitrogens is 1. The highest BCUT2D eigenvalue weighted by atomic mass is 16.5. The highest BCUT2D eigenvalue weighted by molar-refractivity contribution is 5.93. The Labute approximate surface area is 99.8 Å². The average Bonchev–Trinajstić information content (AvgIpc) is 2.72. The third kappa shape index (κ3) is 1.32. The van der Waals surface area contributed by atoms with Gasteiger partial charge in [0.1, 0.15) is 0 Å². The predicted octanol–water partition coefficient (Wildman–Crippen LogP) is 2.76. The first kappa shape index (κ1) is 10.4. The van der Waals surface area contributed by atoms with Gasteiger partial charge in [-0.05, 0) is 24.5 Å². The second-order valence-electron chi connectivity index (χ2n) is 4.68. The van der Waals surface area contributed by atoms with E-state index in [2.05, 4.69) is 11.1 Å². The number of aromatic amines is 1. The number of fused-ring (bicyclic) bond motifs is 1. The van der Waals surface area contributed by atoms with E-state index in [-0.39, 0.29) is 5.97 Å². The van der Waals surface area contributed by atoms with Gasteiger partial charge in [0.15, 0.2) is 0 Å². The van der Waals surface area contributed by atoms with Gasteiger partial charge in [-0.2, -0.15) is 0 Å². The summed E-state index contributed by atoms with van der Waals surface area (Å²) < 4.78 is 4.98. The van der Waals surface area contributed by atoms with Crippen molar-refractivity contribution in [2.45, 2.75) is 24.7 Å². The fourth-order valence-corrected chi connectivity index (χ4v) is 2.78. The molecular formula is C14H15NO2. The summed E-state index contributed by atoms with van der Waals surface area (Å²) in [7, 11) is 1.47. The molecule has 1 aromatic heterocycles. The summed E-state index contributed by atoms with van der Waals surface area (Å²) in [5.74, 6) is -0.103. The molecular weight excluding hydrogens is 214 g/mol. The lowest BCUT2D eigenvalue weighted by Gasteiger charge is -2.38. The molecule has 1 aromatic carbocycles. The number of rotatable bonds is 2. The van der Waals surface area contributed by atoms with Crippen molar-refractivity contribution in [2.75, 3.05) is 7.11 Å². The van der Waals surface area contributed by atoms with E-state index in [0.29, 0.717) is 0 Å². The van der Waals surface area contributed by atoms with Crippen molar-refractivity contribution in [3.8, 4) is 0 Å². The number of carbonyl (C=O) groups excluding carboxylic acids is 1. The van der Waals surface area contributed by atoms with Gasteiger partial charge in [0, 0.05) is 17.1 Å². The van der Waals surface area contributed by atoms with E-state index in [1.807, 2.05) is 24.4 Å². The van der Waals surface area contributed by atoms with Crippen LogP contribution in [0.5, 0.6) is 0 Å². The third-order valence-corrected chi connectivity index (χ3v) is 3.89. The lowest BCUT2D eigenvalue weighted by molar-refractivity contribution is -0.151. The second kappa shape index (κ2) is 3.62. The minimum absolute atomic E-state index is 0.103. The number of para-hydroxylation sites is 1. The highest BCUT2D eigenvalue weighted by Gasteiger charge is 2.48. The van der Waals surface area contributed by atoms with Gasteiger partial charge >= 0.3 is 5.97 Å². The zero-order chi connectivity index (χ0) is 11.9. The van der Waals surface area contributed by atoms with Crippen LogP contribution >= 0.6 is 0 Å². The fourth-order valence-electron chi connectivity index (χ4n) is 2.78. The summed E-state index contributed by atoms with van der Waals surface area (Å²) in [4.78, 5) is 15.3. The molecule has 0 aliphatic heterocycles. The molecule has 1 saturated carbocycles. The Morgan fingerprint density at radius 2 is 2.12 bits per heavy atom. The van der Waals surface area contributed by atoms with E-state index in [1.165, 1.54) is 7.11 Å². The van der Waals surface area contributed by atoms with Gasteiger partial charge in [0.05, 0.1) is 12.5 Å². The number of hydrogen-bond acceptors (Lipinski definition) is 2. The van der Waals surface area contributed by atoms with E-state index in [0.717, 1.165) is 35.7 Å². The van der Waals surface area contributed by atoms with Crippen molar-refractivity contribution in [3.63, 3.8) is 0 Å². The van der Waals surface area contributed by atoms with Gasteiger partial charge < -0.3 is 9.72 Å². The van der Waals surface area contributed by atoms with E-state index >= 15 is 0 Å². The van der Waals surface area contributed by atoms with Crippen LogP contribution in [0.25, 0.3) is 10.9 Å². The Hall–Kier alpha value is -1.77. The largest absolute Gasteiger partial charge is 0.468 e. The van der Waals surface area contributed by atoms with Gasteiger partial charge in [-0.3, -0.25) is 4.79 Å². The minimum atomic E-state index is -0.408. The van der Waals surface area contributed by atoms with Gasteiger partial charge in [-0.25, -0.2) is 0 Å². The van der Waals surface area contributed by atoms with Crippen molar-refractivity contribution in [3.05, 3.63) is 36.0 Å². The van der Waals surface area contributed by atoms with Crippen LogP contribution in [0.4, 0.5) is 0 Å². The maximum absolute atomic E-state index is 12.0. The van der Waals surface area contributed by atoms with Crippen LogP contribution in [-0.4, -0.2) is 18.1 Å². The normalized spacial score (nSPS) is 17.7. The molecule has 0 saturated heterocycles. The molecule has 3 nitrogen and oxygen atoms in total. The summed E-state index contributed by atoms with van der Waals surface area (Å²) in [6, 6.07) is 8.09. The minimum Gasteiger partial charge on any atom is -0.468 e. The van der Waals surface area contributed by atoms with E-state index < -0.39 is 5.41 Å². The molecule has 88 valence electrons. The SMILES string of the molecule is COC(=O)C1(c2c[nH]c3ccccc23)CCC1. The first-order chi connectivity index (χ1) is 8.28. The Bertz CT molecular complexity index is 566. The van der Waals surface area contributed by atoms with Crippen molar-refractivity contribution in [1.29, 1.82) is 0 Å². The summed E-state index contributed by atoms with van der Waals surface area (Å²) in [6.45, 7) is 0. The maximum Gasteiger partial charge on any atom is 0.316 e. The van der Waals surface area contributed by atoms with Crippen LogP contribution in [0.3, 0.4) is 0 Å². The molecule has 1 heterocycles. The fraction of sp³-hybridized carbons (Fsp3) is 0.357. The lowest BCUT2D eigenvalue weighted by atomic mass is 9.64. The number of ether oxygens (including phenoxy) is 1. The smallest absolute Gasteiger partial charge is 0.316 e. The van der Waals surface area contributed by atoms with E-state index in [9.17, 15) is 4.79 Å². The summed E-state index contributed by atoms with van der Waals surface area (Å²) in [5, 5.41) is 1.14. The van der Waals surface area contributed by atoms with Crippen LogP contribution in [0.2, 0.25) is 0 Å². The quantitative estimate of drug-likeness (QED) is 0.804. The van der Waals surface area contributed by atoms with Gasteiger partial charge in [-0.1, -0.05) is 24.6 Å². The molecule has 1 N–H and O–H groups in total. The van der Waals surface area contributed by atoms with Crippen molar-refractivity contribution >= 4 is 16.9 Å². The molecule has 0 atom stereocenters. The van der Waals surface area contributed by atoms with Gasteiger partial charge in [-0.15, -0.1) is 0 Å². The molecule has 1 aliphatic rings. The average molecular weight is 229 g/mol. The van der Waals surface area contributed by atoms with E-state index in [4.69, 9.17) is 4.74 Å². The molecule has 0 radical (unpaired) electrons. The topological polar surface area (TPSA) is 42.1 Å². The molecule has 3 heteroatoms. The van der Waals surface area contributed by atoms with Crippen LogP contribution in [0, 0.1) is 0 Å². The van der Waals surface area contributed by atoms with Crippen LogP contribution in [0.15, 0.2) is 30.5 Å². The molecule has 0 spiro atoms. The maximum atomic E-state index is 12.0. The van der Waals surface area contributed by atoms with Crippen molar-refractivity contribution < 1.29 is 9.53 Å². The second-order valence-corrected chi connectivity index (χ2v) is 4.68. The molecule has 3 rings (SSSR count). The Morgan fingerprint density at radius 1 is 1.35 bits per heavy atom. The standard InChI is InChI=1S/C14H15NO2/c1-17-13(16)14(7-4-8-14)11-9-15-12-6-3-2-5-10(11)12/h2-3,5-6,9,15H,4,7-8H2,1H3. The molecule has 1 fully saturated rings. The number of hydrogen-bond donors (Lipinski definition) is 1. The summed E-state index contributed by atoms with van der Waals surface area (Å²) >= 11 is 0. The van der Waals surface area contributed by atoms with Gasteiger partial charge in [0.2, 0.25) is 0 Å².